The van der Waals surface area contributed by atoms with E-state index in [2.05, 4.69) is 60.5 Å². The fourth-order valence-electron chi connectivity index (χ4n) is 2.06. The monoisotopic (exact) mass is 259 g/mol. The Morgan fingerprint density at radius 1 is 0.944 bits per heavy atom. The highest BCUT2D eigenvalue weighted by atomic mass is 35.5. The summed E-state index contributed by atoms with van der Waals surface area (Å²) in [5.74, 6) is 0.561. The van der Waals surface area contributed by atoms with Gasteiger partial charge in [-0.2, -0.15) is 0 Å². The van der Waals surface area contributed by atoms with Crippen molar-refractivity contribution in [2.75, 3.05) is 18.5 Å². The molecular formula is C16H18ClN. The molecule has 1 nitrogen and oxygen atoms in total. The van der Waals surface area contributed by atoms with Crippen molar-refractivity contribution >= 4 is 17.3 Å². The molecular weight excluding hydrogens is 242 g/mol. The topological polar surface area (TPSA) is 3.24 Å². The van der Waals surface area contributed by atoms with Gasteiger partial charge in [0.15, 0.2) is 0 Å². The average molecular weight is 260 g/mol. The summed E-state index contributed by atoms with van der Waals surface area (Å²) in [6.07, 6.45) is 1.05. The Labute approximate surface area is 114 Å². The van der Waals surface area contributed by atoms with Gasteiger partial charge in [-0.05, 0) is 23.6 Å². The van der Waals surface area contributed by atoms with Crippen LogP contribution in [0.3, 0.4) is 0 Å². The van der Waals surface area contributed by atoms with Crippen LogP contribution >= 0.6 is 11.6 Å². The molecule has 0 unspecified atom stereocenters. The fraction of sp³-hybridized carbons (Fsp3) is 0.250. The van der Waals surface area contributed by atoms with E-state index in [1.165, 1.54) is 16.8 Å². The predicted molar refractivity (Wildman–Crippen MR) is 79.4 cm³/mol. The van der Waals surface area contributed by atoms with Gasteiger partial charge in [-0.1, -0.05) is 48.5 Å². The lowest BCUT2D eigenvalue weighted by Crippen LogP contribution is -2.21. The van der Waals surface area contributed by atoms with Gasteiger partial charge in [0.05, 0.1) is 0 Å². The number of nitrogens with zero attached hydrogens (tertiary/aromatic N) is 1. The summed E-state index contributed by atoms with van der Waals surface area (Å²) in [7, 11) is 2.12. The number of halogens is 1. The summed E-state index contributed by atoms with van der Waals surface area (Å²) in [6, 6.07) is 18.9. The minimum Gasteiger partial charge on any atom is -0.374 e. The van der Waals surface area contributed by atoms with Crippen molar-refractivity contribution in [1.29, 1.82) is 0 Å². The summed E-state index contributed by atoms with van der Waals surface area (Å²) in [5.41, 5.74) is 3.78. The second-order valence-corrected chi connectivity index (χ2v) is 4.69. The quantitative estimate of drug-likeness (QED) is 0.731. The number of anilines is 1. The van der Waals surface area contributed by atoms with Gasteiger partial charge < -0.3 is 4.90 Å². The highest BCUT2D eigenvalue weighted by Gasteiger charge is 2.05. The molecule has 0 atom stereocenters. The molecule has 0 aliphatic rings. The summed E-state index contributed by atoms with van der Waals surface area (Å²) in [6.45, 7) is 0.998. The van der Waals surface area contributed by atoms with Gasteiger partial charge >= 0.3 is 0 Å². The number of rotatable bonds is 5. The first-order valence-corrected chi connectivity index (χ1v) is 6.73. The van der Waals surface area contributed by atoms with Crippen LogP contribution in [-0.4, -0.2) is 13.6 Å². The molecule has 0 N–H and O–H groups in total. The second-order valence-electron chi connectivity index (χ2n) is 4.42. The van der Waals surface area contributed by atoms with Gasteiger partial charge in [0, 0.05) is 25.2 Å². The van der Waals surface area contributed by atoms with Gasteiger partial charge in [0.25, 0.3) is 0 Å². The molecule has 0 aliphatic heterocycles. The van der Waals surface area contributed by atoms with Gasteiger partial charge in [-0.25, -0.2) is 0 Å². The molecule has 2 aromatic rings. The van der Waals surface area contributed by atoms with Crippen LogP contribution < -0.4 is 4.90 Å². The third-order valence-corrected chi connectivity index (χ3v) is 3.41. The molecule has 0 amide bonds. The third kappa shape index (κ3) is 3.27. The Hall–Kier alpha value is -1.47. The van der Waals surface area contributed by atoms with Gasteiger partial charge in [0.2, 0.25) is 0 Å². The van der Waals surface area contributed by atoms with E-state index in [-0.39, 0.29) is 0 Å². The van der Waals surface area contributed by atoms with E-state index in [0.717, 1.165) is 13.0 Å². The van der Waals surface area contributed by atoms with E-state index in [0.29, 0.717) is 5.88 Å². The van der Waals surface area contributed by atoms with E-state index in [4.69, 9.17) is 11.6 Å². The number of likely N-dealkylation sites (N-methyl/N-ethyl adjacent to an activating group) is 1. The molecule has 0 aromatic heterocycles. The lowest BCUT2D eigenvalue weighted by atomic mass is 10.1. The molecule has 2 aromatic carbocycles. The SMILES string of the molecule is CN(CCc1ccccc1)c1ccccc1CCl. The molecule has 2 rings (SSSR count). The number of hydrogen-bond acceptors (Lipinski definition) is 1. The molecule has 0 aliphatic carbocycles. The van der Waals surface area contributed by atoms with Crippen LogP contribution in [0.1, 0.15) is 11.1 Å². The van der Waals surface area contributed by atoms with Gasteiger partial charge in [-0.15, -0.1) is 11.6 Å². The van der Waals surface area contributed by atoms with Crippen LogP contribution in [0.15, 0.2) is 54.6 Å². The minimum atomic E-state index is 0.561. The van der Waals surface area contributed by atoms with Crippen molar-refractivity contribution in [2.45, 2.75) is 12.3 Å². The zero-order valence-corrected chi connectivity index (χ0v) is 11.4. The summed E-state index contributed by atoms with van der Waals surface area (Å²) >= 11 is 5.97. The second kappa shape index (κ2) is 6.46. The zero-order chi connectivity index (χ0) is 12.8. The maximum absolute atomic E-state index is 5.97. The Bertz CT molecular complexity index is 481. The number of hydrogen-bond donors (Lipinski definition) is 0. The number of alkyl halides is 1. The van der Waals surface area contributed by atoms with Crippen LogP contribution in [0.4, 0.5) is 5.69 Å². The third-order valence-electron chi connectivity index (χ3n) is 3.13. The number of benzene rings is 2. The molecule has 0 saturated heterocycles. The lowest BCUT2D eigenvalue weighted by Gasteiger charge is -2.21. The van der Waals surface area contributed by atoms with E-state index in [1.54, 1.807) is 0 Å². The van der Waals surface area contributed by atoms with Gasteiger partial charge in [0.1, 0.15) is 0 Å². The standard InChI is InChI=1S/C16H18ClN/c1-18(12-11-14-7-3-2-4-8-14)16-10-6-5-9-15(16)13-17/h2-10H,11-13H2,1H3. The predicted octanol–water partition coefficient (Wildman–Crippen LogP) is 4.10. The molecule has 0 heterocycles. The van der Waals surface area contributed by atoms with Crippen molar-refractivity contribution in [3.05, 3.63) is 65.7 Å². The van der Waals surface area contributed by atoms with Crippen LogP contribution in [0, 0.1) is 0 Å². The number of para-hydroxylation sites is 1. The maximum atomic E-state index is 5.97. The Morgan fingerprint density at radius 3 is 2.33 bits per heavy atom. The van der Waals surface area contributed by atoms with Crippen LogP contribution in [0.25, 0.3) is 0 Å². The Kier molecular flexibility index (Phi) is 4.66. The molecule has 0 bridgehead atoms. The highest BCUT2D eigenvalue weighted by molar-refractivity contribution is 6.17. The fourth-order valence-corrected chi connectivity index (χ4v) is 2.28. The zero-order valence-electron chi connectivity index (χ0n) is 10.6. The van der Waals surface area contributed by atoms with Crippen LogP contribution in [0.5, 0.6) is 0 Å². The van der Waals surface area contributed by atoms with E-state index in [9.17, 15) is 0 Å². The van der Waals surface area contributed by atoms with E-state index < -0.39 is 0 Å². The van der Waals surface area contributed by atoms with Gasteiger partial charge in [-0.3, -0.25) is 0 Å². The first-order valence-electron chi connectivity index (χ1n) is 6.20. The Morgan fingerprint density at radius 2 is 1.61 bits per heavy atom. The van der Waals surface area contributed by atoms with Crippen molar-refractivity contribution in [2.24, 2.45) is 0 Å². The maximum Gasteiger partial charge on any atom is 0.0494 e. The van der Waals surface area contributed by atoms with E-state index in [1.807, 2.05) is 6.07 Å². The molecule has 0 spiro atoms. The first-order chi connectivity index (χ1) is 8.81. The van der Waals surface area contributed by atoms with Crippen LogP contribution in [0.2, 0.25) is 0 Å². The summed E-state index contributed by atoms with van der Waals surface area (Å²) < 4.78 is 0. The smallest absolute Gasteiger partial charge is 0.0494 e. The molecule has 94 valence electrons. The first kappa shape index (κ1) is 13.0. The average Bonchev–Trinajstić information content (AvgIpc) is 2.45. The Balaban J connectivity index is 2.01. The molecule has 2 heteroatoms. The summed E-state index contributed by atoms with van der Waals surface area (Å²) in [4.78, 5) is 2.27. The van der Waals surface area contributed by atoms with Crippen molar-refractivity contribution in [3.63, 3.8) is 0 Å². The minimum absolute atomic E-state index is 0.561. The summed E-state index contributed by atoms with van der Waals surface area (Å²) in [5, 5.41) is 0. The lowest BCUT2D eigenvalue weighted by molar-refractivity contribution is 0.872. The van der Waals surface area contributed by atoms with Crippen molar-refractivity contribution < 1.29 is 0 Å². The van der Waals surface area contributed by atoms with Crippen molar-refractivity contribution in [3.8, 4) is 0 Å². The molecule has 18 heavy (non-hydrogen) atoms. The highest BCUT2D eigenvalue weighted by Crippen LogP contribution is 2.21. The van der Waals surface area contributed by atoms with E-state index >= 15 is 0 Å². The molecule has 0 fully saturated rings. The van der Waals surface area contributed by atoms with Crippen LogP contribution in [-0.2, 0) is 12.3 Å². The molecule has 0 radical (unpaired) electrons. The normalized spacial score (nSPS) is 10.3. The largest absolute Gasteiger partial charge is 0.374 e. The van der Waals surface area contributed by atoms with Crippen molar-refractivity contribution in [1.82, 2.24) is 0 Å². The molecule has 0 saturated carbocycles.